The first kappa shape index (κ1) is 15.3. The van der Waals surface area contributed by atoms with Crippen LogP contribution in [0.25, 0.3) is 0 Å². The van der Waals surface area contributed by atoms with Gasteiger partial charge in [0.25, 0.3) is 0 Å². The molecule has 5 nitrogen and oxygen atoms in total. The Hall–Kier alpha value is -2.05. The lowest BCUT2D eigenvalue weighted by Crippen LogP contribution is -2.23. The average molecular weight is 305 g/mol. The Morgan fingerprint density at radius 3 is 2.29 bits per heavy atom. The van der Waals surface area contributed by atoms with Crippen LogP contribution in [0.15, 0.2) is 53.4 Å². The molecule has 3 N–H and O–H groups in total. The van der Waals surface area contributed by atoms with Gasteiger partial charge in [0.15, 0.2) is 0 Å². The first-order chi connectivity index (χ1) is 9.91. The molecule has 0 saturated heterocycles. The first-order valence-electron chi connectivity index (χ1n) is 6.51. The highest BCUT2D eigenvalue weighted by Gasteiger charge is 2.20. The fourth-order valence-corrected chi connectivity index (χ4v) is 2.93. The van der Waals surface area contributed by atoms with E-state index < -0.39 is 10.0 Å². The second-order valence-corrected chi connectivity index (χ2v) is 7.00. The van der Waals surface area contributed by atoms with Crippen molar-refractivity contribution in [3.05, 3.63) is 54.1 Å². The Labute approximate surface area is 125 Å². The highest BCUT2D eigenvalue weighted by atomic mass is 32.2. The summed E-state index contributed by atoms with van der Waals surface area (Å²) >= 11 is 0. The molecule has 0 aromatic heterocycles. The van der Waals surface area contributed by atoms with Gasteiger partial charge in [0.2, 0.25) is 10.0 Å². The SMILES string of the molecule is CN(C)S(=O)(=O)c1ccccc1NCc1ccc(N)cc1. The van der Waals surface area contributed by atoms with Crippen LogP contribution >= 0.6 is 0 Å². The van der Waals surface area contributed by atoms with Gasteiger partial charge in [-0.2, -0.15) is 0 Å². The van der Waals surface area contributed by atoms with Crippen LogP contribution in [0.3, 0.4) is 0 Å². The molecule has 0 amide bonds. The van der Waals surface area contributed by atoms with E-state index in [1.54, 1.807) is 24.3 Å². The number of hydrogen-bond acceptors (Lipinski definition) is 4. The number of rotatable bonds is 5. The van der Waals surface area contributed by atoms with Crippen LogP contribution in [0.4, 0.5) is 11.4 Å². The Morgan fingerprint density at radius 2 is 1.67 bits per heavy atom. The number of hydrogen-bond donors (Lipinski definition) is 2. The van der Waals surface area contributed by atoms with Crippen molar-refractivity contribution in [1.82, 2.24) is 4.31 Å². The number of sulfonamides is 1. The Bertz CT molecular complexity index is 710. The van der Waals surface area contributed by atoms with E-state index in [4.69, 9.17) is 5.73 Å². The van der Waals surface area contributed by atoms with Crippen molar-refractivity contribution >= 4 is 21.4 Å². The zero-order chi connectivity index (χ0) is 15.5. The molecule has 0 aliphatic carbocycles. The monoisotopic (exact) mass is 305 g/mol. The average Bonchev–Trinajstić information content (AvgIpc) is 2.47. The molecule has 0 fully saturated rings. The summed E-state index contributed by atoms with van der Waals surface area (Å²) < 4.78 is 25.8. The van der Waals surface area contributed by atoms with Gasteiger partial charge in [0.1, 0.15) is 4.90 Å². The molecule has 0 aliphatic heterocycles. The Balaban J connectivity index is 2.23. The molecular weight excluding hydrogens is 286 g/mol. The minimum absolute atomic E-state index is 0.269. The highest BCUT2D eigenvalue weighted by molar-refractivity contribution is 7.89. The zero-order valence-corrected chi connectivity index (χ0v) is 12.9. The molecule has 2 aromatic rings. The number of nitrogens with two attached hydrogens (primary N) is 1. The van der Waals surface area contributed by atoms with E-state index in [1.807, 2.05) is 24.3 Å². The quantitative estimate of drug-likeness (QED) is 0.830. The van der Waals surface area contributed by atoms with Gasteiger partial charge in [0.05, 0.1) is 5.69 Å². The van der Waals surface area contributed by atoms with Crippen molar-refractivity contribution in [2.75, 3.05) is 25.1 Å². The number of para-hydroxylation sites is 1. The molecule has 6 heteroatoms. The lowest BCUT2D eigenvalue weighted by Gasteiger charge is -2.16. The maximum Gasteiger partial charge on any atom is 0.244 e. The summed E-state index contributed by atoms with van der Waals surface area (Å²) in [7, 11) is -0.428. The van der Waals surface area contributed by atoms with E-state index in [1.165, 1.54) is 18.4 Å². The van der Waals surface area contributed by atoms with Crippen molar-refractivity contribution in [2.24, 2.45) is 0 Å². The normalized spacial score (nSPS) is 11.6. The zero-order valence-electron chi connectivity index (χ0n) is 12.1. The lowest BCUT2D eigenvalue weighted by molar-refractivity contribution is 0.521. The van der Waals surface area contributed by atoms with Crippen LogP contribution in [0.1, 0.15) is 5.56 Å². The van der Waals surface area contributed by atoms with Gasteiger partial charge < -0.3 is 11.1 Å². The van der Waals surface area contributed by atoms with Gasteiger partial charge in [-0.05, 0) is 29.8 Å². The number of nitrogen functional groups attached to an aromatic ring is 1. The van der Waals surface area contributed by atoms with Gasteiger partial charge >= 0.3 is 0 Å². The summed E-state index contributed by atoms with van der Waals surface area (Å²) in [6, 6.07) is 14.3. The lowest BCUT2D eigenvalue weighted by atomic mass is 10.2. The molecule has 0 spiro atoms. The summed E-state index contributed by atoms with van der Waals surface area (Å²) in [5.74, 6) is 0. The minimum Gasteiger partial charge on any atom is -0.399 e. The van der Waals surface area contributed by atoms with E-state index >= 15 is 0 Å². The maximum absolute atomic E-state index is 12.3. The Kier molecular flexibility index (Phi) is 4.50. The summed E-state index contributed by atoms with van der Waals surface area (Å²) in [4.78, 5) is 0.269. The Morgan fingerprint density at radius 1 is 1.05 bits per heavy atom. The fourth-order valence-electron chi connectivity index (χ4n) is 1.87. The summed E-state index contributed by atoms with van der Waals surface area (Å²) in [6.07, 6.45) is 0. The van der Waals surface area contributed by atoms with Gasteiger partial charge in [-0.25, -0.2) is 12.7 Å². The predicted octanol–water partition coefficient (Wildman–Crippen LogP) is 2.13. The molecule has 2 rings (SSSR count). The van der Waals surface area contributed by atoms with E-state index in [0.717, 1.165) is 5.56 Å². The van der Waals surface area contributed by atoms with E-state index in [2.05, 4.69) is 5.32 Å². The van der Waals surface area contributed by atoms with Crippen LogP contribution in [-0.2, 0) is 16.6 Å². The topological polar surface area (TPSA) is 75.4 Å². The molecule has 0 saturated carbocycles. The van der Waals surface area contributed by atoms with E-state index in [-0.39, 0.29) is 4.90 Å². The largest absolute Gasteiger partial charge is 0.399 e. The standard InChI is InChI=1S/C15H19N3O2S/c1-18(2)21(19,20)15-6-4-3-5-14(15)17-11-12-7-9-13(16)10-8-12/h3-10,17H,11,16H2,1-2H3. The third-order valence-electron chi connectivity index (χ3n) is 3.11. The molecule has 0 heterocycles. The molecule has 0 bridgehead atoms. The van der Waals surface area contributed by atoms with Crippen molar-refractivity contribution in [3.8, 4) is 0 Å². The van der Waals surface area contributed by atoms with Gasteiger partial charge in [-0.1, -0.05) is 24.3 Å². The first-order valence-corrected chi connectivity index (χ1v) is 7.95. The van der Waals surface area contributed by atoms with Crippen molar-refractivity contribution < 1.29 is 8.42 Å². The van der Waals surface area contributed by atoms with Crippen LogP contribution in [0.2, 0.25) is 0 Å². The van der Waals surface area contributed by atoms with E-state index in [0.29, 0.717) is 17.9 Å². The molecular formula is C15H19N3O2S. The van der Waals surface area contributed by atoms with Gasteiger partial charge in [-0.15, -0.1) is 0 Å². The summed E-state index contributed by atoms with van der Waals surface area (Å²) in [6.45, 7) is 0.528. The van der Waals surface area contributed by atoms with Crippen molar-refractivity contribution in [3.63, 3.8) is 0 Å². The number of nitrogens with zero attached hydrogens (tertiary/aromatic N) is 1. The van der Waals surface area contributed by atoms with Gasteiger partial charge in [0, 0.05) is 26.3 Å². The molecule has 0 aliphatic rings. The van der Waals surface area contributed by atoms with Crippen LogP contribution in [0.5, 0.6) is 0 Å². The summed E-state index contributed by atoms with van der Waals surface area (Å²) in [5, 5.41) is 3.16. The van der Waals surface area contributed by atoms with E-state index in [9.17, 15) is 8.42 Å². The van der Waals surface area contributed by atoms with Crippen LogP contribution in [0, 0.1) is 0 Å². The van der Waals surface area contributed by atoms with Crippen LogP contribution < -0.4 is 11.1 Å². The second kappa shape index (κ2) is 6.15. The molecule has 21 heavy (non-hydrogen) atoms. The van der Waals surface area contributed by atoms with Crippen LogP contribution in [-0.4, -0.2) is 26.8 Å². The number of benzene rings is 2. The highest BCUT2D eigenvalue weighted by Crippen LogP contribution is 2.23. The predicted molar refractivity (Wildman–Crippen MR) is 85.5 cm³/mol. The third kappa shape index (κ3) is 3.53. The molecule has 112 valence electrons. The maximum atomic E-state index is 12.3. The van der Waals surface area contributed by atoms with Crippen molar-refractivity contribution in [1.29, 1.82) is 0 Å². The molecule has 0 unspecified atom stereocenters. The van der Waals surface area contributed by atoms with Crippen molar-refractivity contribution in [2.45, 2.75) is 11.4 Å². The minimum atomic E-state index is -3.47. The second-order valence-electron chi connectivity index (χ2n) is 4.88. The van der Waals surface area contributed by atoms with Gasteiger partial charge in [-0.3, -0.25) is 0 Å². The third-order valence-corrected chi connectivity index (χ3v) is 4.98. The fraction of sp³-hybridized carbons (Fsp3) is 0.200. The number of anilines is 2. The molecule has 2 aromatic carbocycles. The molecule has 0 atom stereocenters. The molecule has 0 radical (unpaired) electrons. The number of nitrogens with one attached hydrogen (secondary N) is 1. The smallest absolute Gasteiger partial charge is 0.244 e. The summed E-state index contributed by atoms with van der Waals surface area (Å²) in [5.41, 5.74) is 7.96.